The van der Waals surface area contributed by atoms with E-state index in [-0.39, 0.29) is 36.2 Å². The quantitative estimate of drug-likeness (QED) is 0.762. The van der Waals surface area contributed by atoms with Crippen molar-refractivity contribution in [3.8, 4) is 0 Å². The van der Waals surface area contributed by atoms with Gasteiger partial charge < -0.3 is 16.0 Å². The van der Waals surface area contributed by atoms with Crippen molar-refractivity contribution in [2.24, 2.45) is 11.7 Å². The Labute approximate surface area is 163 Å². The Morgan fingerprint density at radius 1 is 1.31 bits per heavy atom. The van der Waals surface area contributed by atoms with Crippen molar-refractivity contribution in [3.63, 3.8) is 0 Å². The number of hydrogen-bond acceptors (Lipinski definition) is 3. The van der Waals surface area contributed by atoms with Gasteiger partial charge in [0.2, 0.25) is 5.91 Å². The number of piperidine rings is 1. The molecule has 1 heterocycles. The van der Waals surface area contributed by atoms with Gasteiger partial charge in [-0.2, -0.15) is 0 Å². The molecule has 2 amide bonds. The summed E-state index contributed by atoms with van der Waals surface area (Å²) in [5.41, 5.74) is 7.60. The van der Waals surface area contributed by atoms with E-state index in [9.17, 15) is 9.59 Å². The Balaban J connectivity index is 0.00000338. The van der Waals surface area contributed by atoms with E-state index in [0.717, 1.165) is 37.7 Å². The van der Waals surface area contributed by atoms with Crippen LogP contribution in [0.5, 0.6) is 0 Å². The van der Waals surface area contributed by atoms with Crippen LogP contribution >= 0.6 is 12.4 Å². The van der Waals surface area contributed by atoms with Gasteiger partial charge in [-0.1, -0.05) is 37.5 Å². The zero-order valence-electron chi connectivity index (χ0n) is 15.9. The van der Waals surface area contributed by atoms with Gasteiger partial charge in [0.15, 0.2) is 0 Å². The van der Waals surface area contributed by atoms with Gasteiger partial charge in [-0.05, 0) is 38.3 Å². The molecule has 5 nitrogen and oxygen atoms in total. The highest BCUT2D eigenvalue weighted by Crippen LogP contribution is 2.19. The largest absolute Gasteiger partial charge is 0.352 e. The van der Waals surface area contributed by atoms with Crippen LogP contribution in [-0.2, 0) is 4.79 Å². The van der Waals surface area contributed by atoms with E-state index in [0.29, 0.717) is 25.2 Å². The van der Waals surface area contributed by atoms with Crippen LogP contribution in [0.1, 0.15) is 54.9 Å². The number of benzene rings is 1. The first-order valence-electron chi connectivity index (χ1n) is 9.41. The first kappa shape index (κ1) is 22.5. The zero-order valence-corrected chi connectivity index (χ0v) is 16.7. The fourth-order valence-electron chi connectivity index (χ4n) is 3.27. The number of unbranched alkanes of at least 4 members (excludes halogenated alkanes) is 1. The van der Waals surface area contributed by atoms with Crippen molar-refractivity contribution >= 4 is 24.2 Å². The van der Waals surface area contributed by atoms with Crippen LogP contribution < -0.4 is 11.1 Å². The summed E-state index contributed by atoms with van der Waals surface area (Å²) < 4.78 is 0. The smallest absolute Gasteiger partial charge is 0.253 e. The van der Waals surface area contributed by atoms with Crippen molar-refractivity contribution in [3.05, 3.63) is 35.4 Å². The summed E-state index contributed by atoms with van der Waals surface area (Å²) in [7, 11) is 0. The van der Waals surface area contributed by atoms with Crippen molar-refractivity contribution < 1.29 is 9.59 Å². The Kier molecular flexibility index (Phi) is 9.66. The van der Waals surface area contributed by atoms with Crippen LogP contribution in [0.25, 0.3) is 0 Å². The van der Waals surface area contributed by atoms with Gasteiger partial charge in [-0.3, -0.25) is 9.59 Å². The fraction of sp³-hybridized carbons (Fsp3) is 0.600. The molecule has 2 rings (SSSR count). The van der Waals surface area contributed by atoms with E-state index >= 15 is 0 Å². The van der Waals surface area contributed by atoms with Crippen molar-refractivity contribution in [1.82, 2.24) is 10.2 Å². The molecule has 2 atom stereocenters. The standard InChI is InChI=1S/C20H31N3O2.ClH/c1-3-4-7-18(13-21)22-19(24)17-6-5-12-23(14-17)20(25)16-10-8-15(2)9-11-16;/h8-11,17-18H,3-7,12-14,21H2,1-2H3,(H,22,24);1H. The molecule has 0 bridgehead atoms. The van der Waals surface area contributed by atoms with E-state index in [1.165, 1.54) is 0 Å². The monoisotopic (exact) mass is 381 g/mol. The molecular weight excluding hydrogens is 350 g/mol. The number of likely N-dealkylation sites (tertiary alicyclic amines) is 1. The first-order chi connectivity index (χ1) is 12.0. The summed E-state index contributed by atoms with van der Waals surface area (Å²) >= 11 is 0. The Bertz CT molecular complexity index is 577. The highest BCUT2D eigenvalue weighted by atomic mass is 35.5. The molecular formula is C20H32ClN3O2. The van der Waals surface area contributed by atoms with Gasteiger partial charge in [0, 0.05) is 31.2 Å². The molecule has 1 aliphatic heterocycles. The van der Waals surface area contributed by atoms with Crippen LogP contribution in [0.2, 0.25) is 0 Å². The molecule has 0 saturated carbocycles. The minimum atomic E-state index is -0.140. The Morgan fingerprint density at radius 3 is 2.62 bits per heavy atom. The van der Waals surface area contributed by atoms with Crippen molar-refractivity contribution in [1.29, 1.82) is 0 Å². The van der Waals surface area contributed by atoms with Gasteiger partial charge in [0.1, 0.15) is 0 Å². The van der Waals surface area contributed by atoms with E-state index < -0.39 is 0 Å². The Hall–Kier alpha value is -1.59. The number of halogens is 1. The summed E-state index contributed by atoms with van der Waals surface area (Å²) in [6.07, 6.45) is 4.75. The SMILES string of the molecule is CCCCC(CN)NC(=O)C1CCCN(C(=O)c2ccc(C)cc2)C1.Cl. The molecule has 1 aliphatic rings. The highest BCUT2D eigenvalue weighted by Gasteiger charge is 2.29. The second kappa shape index (κ2) is 11.2. The molecule has 26 heavy (non-hydrogen) atoms. The minimum Gasteiger partial charge on any atom is -0.352 e. The second-order valence-electron chi connectivity index (χ2n) is 7.04. The van der Waals surface area contributed by atoms with E-state index in [4.69, 9.17) is 5.73 Å². The number of nitrogens with zero attached hydrogens (tertiary/aromatic N) is 1. The molecule has 3 N–H and O–H groups in total. The highest BCUT2D eigenvalue weighted by molar-refractivity contribution is 5.94. The summed E-state index contributed by atoms with van der Waals surface area (Å²) in [6.45, 7) is 5.80. The van der Waals surface area contributed by atoms with Crippen LogP contribution in [-0.4, -0.2) is 42.4 Å². The van der Waals surface area contributed by atoms with Crippen molar-refractivity contribution in [2.45, 2.75) is 52.0 Å². The maximum absolute atomic E-state index is 12.7. The second-order valence-corrected chi connectivity index (χ2v) is 7.04. The molecule has 0 spiro atoms. The van der Waals surface area contributed by atoms with Crippen LogP contribution in [0.4, 0.5) is 0 Å². The number of nitrogens with one attached hydrogen (secondary N) is 1. The lowest BCUT2D eigenvalue weighted by atomic mass is 9.95. The number of amides is 2. The molecule has 1 aromatic carbocycles. The third-order valence-corrected chi connectivity index (χ3v) is 4.91. The van der Waals surface area contributed by atoms with Gasteiger partial charge in [-0.15, -0.1) is 12.4 Å². The van der Waals surface area contributed by atoms with Crippen LogP contribution in [0.15, 0.2) is 24.3 Å². The van der Waals surface area contributed by atoms with Gasteiger partial charge in [0.05, 0.1) is 5.92 Å². The van der Waals surface area contributed by atoms with E-state index in [1.54, 1.807) is 0 Å². The molecule has 1 saturated heterocycles. The summed E-state index contributed by atoms with van der Waals surface area (Å²) in [5.74, 6) is -0.0920. The number of carbonyl (C=O) groups excluding carboxylic acids is 2. The predicted molar refractivity (Wildman–Crippen MR) is 108 cm³/mol. The maximum Gasteiger partial charge on any atom is 0.253 e. The predicted octanol–water partition coefficient (Wildman–Crippen LogP) is 2.90. The van der Waals surface area contributed by atoms with Gasteiger partial charge >= 0.3 is 0 Å². The zero-order chi connectivity index (χ0) is 18.2. The average Bonchev–Trinajstić information content (AvgIpc) is 2.65. The maximum atomic E-state index is 12.7. The number of hydrogen-bond donors (Lipinski definition) is 2. The minimum absolute atomic E-state index is 0. The Morgan fingerprint density at radius 2 is 2.00 bits per heavy atom. The van der Waals surface area contributed by atoms with E-state index in [1.807, 2.05) is 36.1 Å². The number of rotatable bonds is 7. The molecule has 146 valence electrons. The molecule has 0 aromatic heterocycles. The molecule has 6 heteroatoms. The number of aryl methyl sites for hydroxylation is 1. The summed E-state index contributed by atoms with van der Waals surface area (Å²) in [5, 5.41) is 3.08. The normalized spacial score (nSPS) is 18.0. The summed E-state index contributed by atoms with van der Waals surface area (Å²) in [4.78, 5) is 27.1. The lowest BCUT2D eigenvalue weighted by Crippen LogP contribution is -2.49. The molecule has 0 radical (unpaired) electrons. The molecule has 1 fully saturated rings. The topological polar surface area (TPSA) is 75.4 Å². The van der Waals surface area contributed by atoms with Crippen LogP contribution in [0.3, 0.4) is 0 Å². The summed E-state index contributed by atoms with van der Waals surface area (Å²) in [6, 6.07) is 7.64. The fourth-order valence-corrected chi connectivity index (χ4v) is 3.27. The van der Waals surface area contributed by atoms with Crippen LogP contribution in [0, 0.1) is 12.8 Å². The van der Waals surface area contributed by atoms with Gasteiger partial charge in [-0.25, -0.2) is 0 Å². The molecule has 0 aliphatic carbocycles. The number of nitrogens with two attached hydrogens (primary N) is 1. The lowest BCUT2D eigenvalue weighted by Gasteiger charge is -2.33. The lowest BCUT2D eigenvalue weighted by molar-refractivity contribution is -0.127. The van der Waals surface area contributed by atoms with Gasteiger partial charge in [0.25, 0.3) is 5.91 Å². The van der Waals surface area contributed by atoms with Crippen molar-refractivity contribution in [2.75, 3.05) is 19.6 Å². The first-order valence-corrected chi connectivity index (χ1v) is 9.41. The third kappa shape index (κ3) is 6.29. The third-order valence-electron chi connectivity index (χ3n) is 4.91. The molecule has 2 unspecified atom stereocenters. The molecule has 1 aromatic rings. The number of carbonyl (C=O) groups is 2. The average molecular weight is 382 g/mol. The van der Waals surface area contributed by atoms with E-state index in [2.05, 4.69) is 12.2 Å².